The summed E-state index contributed by atoms with van der Waals surface area (Å²) < 4.78 is 1.46. The molecule has 2 rings (SSSR count). The van der Waals surface area contributed by atoms with Crippen LogP contribution < -0.4 is 4.46 Å². The van der Waals surface area contributed by atoms with Gasteiger partial charge in [0.05, 0.1) is 0 Å². The summed E-state index contributed by atoms with van der Waals surface area (Å²) in [6.07, 6.45) is 9.05. The second-order valence-corrected chi connectivity index (χ2v) is 8.28. The van der Waals surface area contributed by atoms with Crippen LogP contribution in [0.1, 0.15) is 63.0 Å². The molecule has 0 aromatic heterocycles. The molecule has 0 heterocycles. The zero-order valence-corrected chi connectivity index (χ0v) is 16.5. The molecule has 0 aliphatic carbocycles. The third-order valence-corrected chi connectivity index (χ3v) is 6.26. The quantitative estimate of drug-likeness (QED) is 0.312. The van der Waals surface area contributed by atoms with Crippen LogP contribution in [0.25, 0.3) is 0 Å². The Morgan fingerprint density at radius 3 is 2.33 bits per heavy atom. The predicted octanol–water partition coefficient (Wildman–Crippen LogP) is 5.32. The first kappa shape index (κ1) is 18.9. The first-order chi connectivity index (χ1) is 11.9. The molecule has 0 saturated carbocycles. The van der Waals surface area contributed by atoms with Crippen LogP contribution in [0.3, 0.4) is 0 Å². The molecule has 0 fully saturated rings. The van der Waals surface area contributed by atoms with Crippen LogP contribution in [0.2, 0.25) is 0 Å². The van der Waals surface area contributed by atoms with Gasteiger partial charge in [-0.25, -0.2) is 0 Å². The summed E-state index contributed by atoms with van der Waals surface area (Å²) in [5.74, 6) is 6.80. The molecule has 2 aromatic rings. The molecule has 0 unspecified atom stereocenters. The first-order valence-corrected chi connectivity index (χ1v) is 11.2. The van der Waals surface area contributed by atoms with Crippen molar-refractivity contribution in [2.24, 2.45) is 0 Å². The Hall–Kier alpha value is -1.48. The fraction of sp³-hybridized carbons (Fsp3) is 0.391. The Kier molecular flexibility index (Phi) is 9.40. The van der Waals surface area contributed by atoms with Crippen molar-refractivity contribution in [1.29, 1.82) is 0 Å². The minimum absolute atomic E-state index is 0.484. The van der Waals surface area contributed by atoms with Crippen LogP contribution in [0, 0.1) is 11.8 Å². The van der Waals surface area contributed by atoms with Gasteiger partial charge in [0.15, 0.2) is 0 Å². The minimum atomic E-state index is 0.484. The Morgan fingerprint density at radius 1 is 0.792 bits per heavy atom. The van der Waals surface area contributed by atoms with Gasteiger partial charge >= 0.3 is 147 Å². The molecule has 1 heteroatoms. The zero-order valence-electron chi connectivity index (χ0n) is 14.8. The van der Waals surface area contributed by atoms with E-state index in [1.54, 1.807) is 0 Å². The van der Waals surface area contributed by atoms with Crippen molar-refractivity contribution in [3.63, 3.8) is 0 Å². The second-order valence-electron chi connectivity index (χ2n) is 6.08. The molecule has 0 aliphatic rings. The maximum atomic E-state index is 3.41. The van der Waals surface area contributed by atoms with Gasteiger partial charge in [0.1, 0.15) is 0 Å². The summed E-state index contributed by atoms with van der Waals surface area (Å²) in [7, 11) is 0. The van der Waals surface area contributed by atoms with Gasteiger partial charge in [-0.15, -0.1) is 0 Å². The van der Waals surface area contributed by atoms with Gasteiger partial charge in [0.25, 0.3) is 0 Å². The third-order valence-electron chi connectivity index (χ3n) is 4.03. The molecule has 0 radical (unpaired) electrons. The van der Waals surface area contributed by atoms with E-state index in [1.807, 2.05) is 0 Å². The Balaban J connectivity index is 1.80. The Bertz CT molecular complexity index is 634. The summed E-state index contributed by atoms with van der Waals surface area (Å²) in [6.45, 7) is 2.27. The molecule has 0 N–H and O–H groups in total. The van der Waals surface area contributed by atoms with E-state index in [0.717, 1.165) is 11.7 Å². The van der Waals surface area contributed by atoms with E-state index in [9.17, 15) is 0 Å². The van der Waals surface area contributed by atoms with Crippen LogP contribution in [0.15, 0.2) is 54.6 Å². The monoisotopic (exact) mass is 384 g/mol. The average Bonchev–Trinajstić information content (AvgIpc) is 2.64. The maximum absolute atomic E-state index is 3.41. The number of unbranched alkanes of at least 4 members (excludes halogenated alkanes) is 6. The molecule has 0 bridgehead atoms. The van der Waals surface area contributed by atoms with Crippen molar-refractivity contribution in [2.45, 2.75) is 57.2 Å². The number of rotatable bonds is 9. The fourth-order valence-corrected chi connectivity index (χ4v) is 4.53. The number of hydrogen-bond acceptors (Lipinski definition) is 0. The molecule has 0 atom stereocenters. The molecule has 0 aliphatic heterocycles. The zero-order chi connectivity index (χ0) is 16.9. The van der Waals surface area contributed by atoms with Crippen LogP contribution in [-0.2, 0) is 5.32 Å². The van der Waals surface area contributed by atoms with Gasteiger partial charge in [-0.2, -0.15) is 0 Å². The topological polar surface area (TPSA) is 0 Å². The summed E-state index contributed by atoms with van der Waals surface area (Å²) in [4.78, 5) is 0. The number of hydrogen-bond donors (Lipinski definition) is 0. The first-order valence-electron chi connectivity index (χ1n) is 9.15. The molecule has 24 heavy (non-hydrogen) atoms. The molecule has 2 aromatic carbocycles. The van der Waals surface area contributed by atoms with E-state index in [-0.39, 0.29) is 0 Å². The Labute approximate surface area is 154 Å². The van der Waals surface area contributed by atoms with E-state index in [2.05, 4.69) is 73.4 Å². The van der Waals surface area contributed by atoms with Gasteiger partial charge in [-0.1, -0.05) is 6.92 Å². The summed E-state index contributed by atoms with van der Waals surface area (Å²) in [5.41, 5.74) is 2.62. The molecular weight excluding hydrogens is 355 g/mol. The van der Waals surface area contributed by atoms with Crippen LogP contribution in [0.5, 0.6) is 0 Å². The normalized spacial score (nSPS) is 10.2. The molecule has 0 spiro atoms. The van der Waals surface area contributed by atoms with Gasteiger partial charge in [0, 0.05) is 0 Å². The van der Waals surface area contributed by atoms with E-state index in [4.69, 9.17) is 0 Å². The molecule has 126 valence electrons. The van der Waals surface area contributed by atoms with Crippen molar-refractivity contribution in [1.82, 2.24) is 0 Å². The fourth-order valence-electron chi connectivity index (χ4n) is 2.60. The third kappa shape index (κ3) is 7.39. The van der Waals surface area contributed by atoms with Crippen molar-refractivity contribution < 1.29 is 0 Å². The van der Waals surface area contributed by atoms with Gasteiger partial charge in [-0.05, 0) is 0 Å². The summed E-state index contributed by atoms with van der Waals surface area (Å²) in [6, 6.07) is 19.4. The molecule has 0 amide bonds. The van der Waals surface area contributed by atoms with Gasteiger partial charge < -0.3 is 0 Å². The van der Waals surface area contributed by atoms with Crippen molar-refractivity contribution in [3.8, 4) is 11.8 Å². The molecule has 0 nitrogen and oxygen atoms in total. The second kappa shape index (κ2) is 12.0. The number of benzene rings is 2. The van der Waals surface area contributed by atoms with E-state index >= 15 is 0 Å². The van der Waals surface area contributed by atoms with Crippen LogP contribution in [-0.4, -0.2) is 15.0 Å². The van der Waals surface area contributed by atoms with Gasteiger partial charge in [0.2, 0.25) is 0 Å². The van der Waals surface area contributed by atoms with Crippen LogP contribution >= 0.6 is 0 Å². The van der Waals surface area contributed by atoms with Crippen LogP contribution in [0.4, 0.5) is 0 Å². The van der Waals surface area contributed by atoms with Crippen molar-refractivity contribution in [3.05, 3.63) is 65.7 Å². The Morgan fingerprint density at radius 2 is 1.50 bits per heavy atom. The van der Waals surface area contributed by atoms with E-state index < -0.39 is 0 Å². The predicted molar refractivity (Wildman–Crippen MR) is 107 cm³/mol. The summed E-state index contributed by atoms with van der Waals surface area (Å²) >= 11 is 0.484. The van der Waals surface area contributed by atoms with Crippen molar-refractivity contribution >= 4 is 19.4 Å². The standard InChI is InChI=1S/C23H28Se/c1-2-3-4-5-6-7-8-10-15-21-16-13-14-17-22(21)20-24-23-18-11-9-12-19-23/h9,11-14,16-19H,2-8,20H2,1H3. The van der Waals surface area contributed by atoms with E-state index in [1.165, 1.54) is 54.1 Å². The van der Waals surface area contributed by atoms with Gasteiger partial charge in [-0.3, -0.25) is 0 Å². The molecular formula is C23H28Se. The molecule has 0 saturated heterocycles. The van der Waals surface area contributed by atoms with Crippen molar-refractivity contribution in [2.75, 3.05) is 0 Å². The SMILES string of the molecule is CCCCCCCCC#Cc1ccccc1C[Se]c1ccccc1. The van der Waals surface area contributed by atoms with E-state index in [0.29, 0.717) is 15.0 Å². The summed E-state index contributed by atoms with van der Waals surface area (Å²) in [5, 5.41) is 1.12. The average molecular weight is 383 g/mol.